The van der Waals surface area contributed by atoms with E-state index in [-0.39, 0.29) is 10.7 Å². The molecule has 0 spiro atoms. The second kappa shape index (κ2) is 9.18. The first-order valence-corrected chi connectivity index (χ1v) is 9.31. The predicted octanol–water partition coefficient (Wildman–Crippen LogP) is 4.50. The third-order valence-corrected chi connectivity index (χ3v) is 4.63. The number of nitrogens with zero attached hydrogens (tertiary/aromatic N) is 2. The Bertz CT molecular complexity index is 902. The van der Waals surface area contributed by atoms with E-state index in [1.54, 1.807) is 0 Å². The molecule has 8 heteroatoms. The molecule has 5 nitrogen and oxygen atoms in total. The normalized spacial score (nSPS) is 10.6. The summed E-state index contributed by atoms with van der Waals surface area (Å²) in [6.45, 7) is 0.738. The van der Waals surface area contributed by atoms with E-state index in [2.05, 4.69) is 33.0 Å². The van der Waals surface area contributed by atoms with Crippen LogP contribution in [0.4, 0.5) is 19.0 Å². The van der Waals surface area contributed by atoms with E-state index >= 15 is 0 Å². The van der Waals surface area contributed by atoms with E-state index in [1.165, 1.54) is 5.56 Å². The summed E-state index contributed by atoms with van der Waals surface area (Å²) in [6, 6.07) is 13.1. The highest BCUT2D eigenvalue weighted by Gasteiger charge is 2.14. The van der Waals surface area contributed by atoms with Crippen LogP contribution in [0.3, 0.4) is 0 Å². The van der Waals surface area contributed by atoms with Gasteiger partial charge < -0.3 is 5.32 Å². The largest absolute Gasteiger partial charge is 0.360 e. The molecule has 0 saturated carbocycles. The number of unbranched alkanes of at least 4 members (excludes halogenated alkanes) is 1. The molecule has 1 aromatic heterocycles. The van der Waals surface area contributed by atoms with Gasteiger partial charge in [-0.05, 0) is 37.0 Å². The quantitative estimate of drug-likeness (QED) is 0.558. The number of rotatable bonds is 8. The lowest BCUT2D eigenvalue weighted by molar-refractivity contribution is 0.102. The third-order valence-electron chi connectivity index (χ3n) is 3.83. The SMILES string of the molecule is O=C(Nc1nnc(NCCCCc2ccccc2)s1)c1ccc(F)cc1F. The van der Waals surface area contributed by atoms with Crippen molar-refractivity contribution >= 4 is 27.5 Å². The molecule has 0 bridgehead atoms. The highest BCUT2D eigenvalue weighted by Crippen LogP contribution is 2.21. The topological polar surface area (TPSA) is 66.9 Å². The molecular formula is C19H18F2N4OS. The molecule has 0 fully saturated rings. The number of aryl methyl sites for hydroxylation is 1. The predicted molar refractivity (Wildman–Crippen MR) is 102 cm³/mol. The average Bonchev–Trinajstić information content (AvgIpc) is 3.09. The van der Waals surface area contributed by atoms with Crippen LogP contribution < -0.4 is 10.6 Å². The number of halogens is 2. The molecule has 0 saturated heterocycles. The van der Waals surface area contributed by atoms with Crippen LogP contribution >= 0.6 is 11.3 Å². The second-order valence-corrected chi connectivity index (χ2v) is 6.84. The number of anilines is 2. The molecular weight excluding hydrogens is 370 g/mol. The van der Waals surface area contributed by atoms with Crippen LogP contribution in [0.2, 0.25) is 0 Å². The van der Waals surface area contributed by atoms with Crippen LogP contribution in [0.5, 0.6) is 0 Å². The zero-order valence-corrected chi connectivity index (χ0v) is 15.2. The van der Waals surface area contributed by atoms with Gasteiger partial charge in [0.15, 0.2) is 0 Å². The van der Waals surface area contributed by atoms with E-state index in [1.807, 2.05) is 18.2 Å². The Labute approximate surface area is 159 Å². The molecule has 140 valence electrons. The maximum absolute atomic E-state index is 13.6. The average molecular weight is 388 g/mol. The van der Waals surface area contributed by atoms with Gasteiger partial charge in [0.05, 0.1) is 5.56 Å². The van der Waals surface area contributed by atoms with Crippen LogP contribution in [0.1, 0.15) is 28.8 Å². The number of hydrogen-bond donors (Lipinski definition) is 2. The summed E-state index contributed by atoms with van der Waals surface area (Å²) >= 11 is 1.16. The van der Waals surface area contributed by atoms with E-state index in [0.29, 0.717) is 11.2 Å². The van der Waals surface area contributed by atoms with Gasteiger partial charge in [0.2, 0.25) is 10.3 Å². The first-order chi connectivity index (χ1) is 13.1. The van der Waals surface area contributed by atoms with Crippen LogP contribution in [-0.2, 0) is 6.42 Å². The summed E-state index contributed by atoms with van der Waals surface area (Å²) in [5, 5.41) is 14.2. The first-order valence-electron chi connectivity index (χ1n) is 8.49. The van der Waals surface area contributed by atoms with Crippen LogP contribution in [0.25, 0.3) is 0 Å². The van der Waals surface area contributed by atoms with E-state index in [9.17, 15) is 13.6 Å². The Morgan fingerprint density at radius 1 is 1.00 bits per heavy atom. The van der Waals surface area contributed by atoms with Crippen molar-refractivity contribution in [2.45, 2.75) is 19.3 Å². The van der Waals surface area contributed by atoms with E-state index in [0.717, 1.165) is 49.3 Å². The Balaban J connectivity index is 1.43. The van der Waals surface area contributed by atoms with Gasteiger partial charge in [-0.1, -0.05) is 41.7 Å². The molecule has 3 aromatic rings. The van der Waals surface area contributed by atoms with E-state index < -0.39 is 17.5 Å². The maximum Gasteiger partial charge on any atom is 0.260 e. The summed E-state index contributed by atoms with van der Waals surface area (Å²) < 4.78 is 26.5. The molecule has 2 aromatic carbocycles. The lowest BCUT2D eigenvalue weighted by Crippen LogP contribution is -2.13. The molecule has 1 heterocycles. The van der Waals surface area contributed by atoms with Crippen molar-refractivity contribution in [3.63, 3.8) is 0 Å². The summed E-state index contributed by atoms with van der Waals surface area (Å²) in [7, 11) is 0. The molecule has 0 aliphatic rings. The first kappa shape index (κ1) is 18.9. The fourth-order valence-corrected chi connectivity index (χ4v) is 3.14. The van der Waals surface area contributed by atoms with Crippen molar-refractivity contribution in [3.8, 4) is 0 Å². The van der Waals surface area contributed by atoms with Crippen molar-refractivity contribution in [2.24, 2.45) is 0 Å². The molecule has 0 aliphatic carbocycles. The smallest absolute Gasteiger partial charge is 0.260 e. The van der Waals surface area contributed by atoms with Crippen LogP contribution in [0, 0.1) is 11.6 Å². The number of carbonyl (C=O) groups excluding carboxylic acids is 1. The summed E-state index contributed by atoms with van der Waals surface area (Å²) in [5.41, 5.74) is 1.06. The molecule has 27 heavy (non-hydrogen) atoms. The minimum Gasteiger partial charge on any atom is -0.360 e. The number of benzene rings is 2. The molecule has 0 atom stereocenters. The Kier molecular flexibility index (Phi) is 6.43. The van der Waals surface area contributed by atoms with Gasteiger partial charge in [-0.15, -0.1) is 10.2 Å². The van der Waals surface area contributed by atoms with Crippen molar-refractivity contribution in [1.29, 1.82) is 0 Å². The lowest BCUT2D eigenvalue weighted by Gasteiger charge is -2.03. The van der Waals surface area contributed by atoms with Gasteiger partial charge in [-0.2, -0.15) is 0 Å². The number of carbonyl (C=O) groups is 1. The highest BCUT2D eigenvalue weighted by molar-refractivity contribution is 7.19. The van der Waals surface area contributed by atoms with E-state index in [4.69, 9.17) is 0 Å². The Morgan fingerprint density at radius 2 is 1.78 bits per heavy atom. The van der Waals surface area contributed by atoms with Gasteiger partial charge in [0.1, 0.15) is 11.6 Å². The molecule has 0 aliphatic heterocycles. The van der Waals surface area contributed by atoms with Crippen molar-refractivity contribution in [2.75, 3.05) is 17.2 Å². The Morgan fingerprint density at radius 3 is 2.56 bits per heavy atom. The summed E-state index contributed by atoms with van der Waals surface area (Å²) in [6.07, 6.45) is 3.03. The number of nitrogens with one attached hydrogen (secondary N) is 2. The molecule has 1 amide bonds. The minimum absolute atomic E-state index is 0.246. The van der Waals surface area contributed by atoms with Gasteiger partial charge in [0, 0.05) is 12.6 Å². The van der Waals surface area contributed by atoms with Gasteiger partial charge >= 0.3 is 0 Å². The van der Waals surface area contributed by atoms with Crippen molar-refractivity contribution in [1.82, 2.24) is 10.2 Å². The summed E-state index contributed by atoms with van der Waals surface area (Å²) in [4.78, 5) is 12.0. The van der Waals surface area contributed by atoms with Crippen LogP contribution in [-0.4, -0.2) is 22.6 Å². The number of aromatic nitrogens is 2. The molecule has 2 N–H and O–H groups in total. The fourth-order valence-electron chi connectivity index (χ4n) is 2.48. The molecule has 0 unspecified atom stereocenters. The molecule has 3 rings (SSSR count). The second-order valence-electron chi connectivity index (χ2n) is 5.86. The van der Waals surface area contributed by atoms with Gasteiger partial charge in [-0.25, -0.2) is 8.78 Å². The maximum atomic E-state index is 13.6. The lowest BCUT2D eigenvalue weighted by atomic mass is 10.1. The Hall–Kier alpha value is -2.87. The zero-order chi connectivity index (χ0) is 19.1. The fraction of sp³-hybridized carbons (Fsp3) is 0.211. The van der Waals surface area contributed by atoms with Gasteiger partial charge in [-0.3, -0.25) is 10.1 Å². The van der Waals surface area contributed by atoms with Gasteiger partial charge in [0.25, 0.3) is 5.91 Å². The highest BCUT2D eigenvalue weighted by atomic mass is 32.1. The molecule has 0 radical (unpaired) electrons. The summed E-state index contributed by atoms with van der Waals surface area (Å²) in [5.74, 6) is -2.36. The standard InChI is InChI=1S/C19H18F2N4OS/c20-14-9-10-15(16(21)12-14)17(26)23-19-25-24-18(27-19)22-11-5-4-8-13-6-2-1-3-7-13/h1-3,6-7,9-10,12H,4-5,8,11H2,(H,22,24)(H,23,25,26). The zero-order valence-electron chi connectivity index (χ0n) is 14.4. The third kappa shape index (κ3) is 5.55. The number of hydrogen-bond acceptors (Lipinski definition) is 5. The van der Waals surface area contributed by atoms with Crippen molar-refractivity contribution in [3.05, 3.63) is 71.3 Å². The van der Waals surface area contributed by atoms with Crippen LogP contribution in [0.15, 0.2) is 48.5 Å². The van der Waals surface area contributed by atoms with Crippen molar-refractivity contribution < 1.29 is 13.6 Å². The monoisotopic (exact) mass is 388 g/mol. The number of amides is 1. The minimum atomic E-state index is -0.922.